The minimum absolute atomic E-state index is 0.111. The lowest BCUT2D eigenvalue weighted by Crippen LogP contribution is -2.49. The van der Waals surface area contributed by atoms with Crippen LogP contribution in [0, 0.1) is 28.6 Å². The van der Waals surface area contributed by atoms with Crippen LogP contribution in [0.25, 0.3) is 6.08 Å². The second-order valence-electron chi connectivity index (χ2n) is 11.2. The van der Waals surface area contributed by atoms with Crippen LogP contribution < -0.4 is 0 Å². The molecule has 0 saturated heterocycles. The lowest BCUT2D eigenvalue weighted by Gasteiger charge is -2.56. The van der Waals surface area contributed by atoms with E-state index in [-0.39, 0.29) is 22.7 Å². The number of aliphatic imine (C=N–C) groups is 1. The molecule has 6 nitrogen and oxygen atoms in total. The Kier molecular flexibility index (Phi) is 5.13. The van der Waals surface area contributed by atoms with E-state index in [1.54, 1.807) is 22.8 Å². The molecule has 1 aromatic heterocycles. The fraction of sp³-hybridized carbons (Fsp3) is 0.615. The highest BCUT2D eigenvalue weighted by molar-refractivity contribution is 8.27. The second kappa shape index (κ2) is 8.12. The van der Waals surface area contributed by atoms with Gasteiger partial charge in [0.05, 0.1) is 5.57 Å². The quantitative estimate of drug-likeness (QED) is 0.481. The zero-order valence-electron chi connectivity index (χ0n) is 19.3. The van der Waals surface area contributed by atoms with Gasteiger partial charge in [0, 0.05) is 10.7 Å². The monoisotopic (exact) mass is 494 g/mol. The number of carbonyl (C=O) groups is 1. The largest absolute Gasteiger partial charge is 0.450 e. The molecule has 1 N–H and O–H groups in total. The van der Waals surface area contributed by atoms with Crippen molar-refractivity contribution in [3.8, 4) is 0 Å². The van der Waals surface area contributed by atoms with Crippen LogP contribution in [0.15, 0.2) is 37.3 Å². The smallest absolute Gasteiger partial charge is 0.283 e. The zero-order valence-corrected chi connectivity index (χ0v) is 20.9. The molecule has 2 aliphatic heterocycles. The summed E-state index contributed by atoms with van der Waals surface area (Å²) < 4.78 is 6.01. The number of hydrazone groups is 1. The highest BCUT2D eigenvalue weighted by Crippen LogP contribution is 2.62. The molecular weight excluding hydrogens is 464 g/mol. The first-order valence-electron chi connectivity index (χ1n) is 12.8. The lowest BCUT2D eigenvalue weighted by atomic mass is 9.50. The summed E-state index contributed by atoms with van der Waals surface area (Å²) in [5.41, 5.74) is 0.391. The highest BCUT2D eigenvalue weighted by Gasteiger charge is 2.55. The van der Waals surface area contributed by atoms with Crippen molar-refractivity contribution in [1.29, 1.82) is 5.41 Å². The standard InChI is InChI=1S/C26H30N4O2S2/c27-22-20(11-18-6-7-21(32-18)33-19-4-2-1-3-5-19)23(31)28-25-30(22)29-24(34-25)26-12-15-8-16(13-26)10-17(9-15)14-26/h6-7,11,15-17,19,27H,1-5,8-10,12-14H2/b20-11-,27-22?. The lowest BCUT2D eigenvalue weighted by molar-refractivity contribution is -0.114. The van der Waals surface area contributed by atoms with Gasteiger partial charge in [-0.05, 0) is 99.1 Å². The van der Waals surface area contributed by atoms with Crippen molar-refractivity contribution in [2.45, 2.75) is 81.0 Å². The van der Waals surface area contributed by atoms with E-state index >= 15 is 0 Å². The van der Waals surface area contributed by atoms with Gasteiger partial charge in [0.25, 0.3) is 5.91 Å². The summed E-state index contributed by atoms with van der Waals surface area (Å²) in [6.45, 7) is 0. The van der Waals surface area contributed by atoms with Crippen LogP contribution in [0.3, 0.4) is 0 Å². The summed E-state index contributed by atoms with van der Waals surface area (Å²) in [7, 11) is 0. The predicted molar refractivity (Wildman–Crippen MR) is 137 cm³/mol. The van der Waals surface area contributed by atoms with Gasteiger partial charge >= 0.3 is 0 Å². The first kappa shape index (κ1) is 21.5. The van der Waals surface area contributed by atoms with Crippen LogP contribution in [-0.4, -0.2) is 32.2 Å². The van der Waals surface area contributed by atoms with Crippen molar-refractivity contribution in [3.05, 3.63) is 23.5 Å². The molecule has 5 fully saturated rings. The van der Waals surface area contributed by atoms with Crippen LogP contribution in [-0.2, 0) is 4.79 Å². The molecule has 1 amide bonds. The van der Waals surface area contributed by atoms with Crippen LogP contribution in [0.4, 0.5) is 0 Å². The normalized spacial score (nSPS) is 36.3. The van der Waals surface area contributed by atoms with Gasteiger partial charge in [0.15, 0.2) is 10.9 Å². The molecule has 0 radical (unpaired) electrons. The summed E-state index contributed by atoms with van der Waals surface area (Å²) in [6, 6.07) is 3.87. The first-order chi connectivity index (χ1) is 16.5. The number of carbonyl (C=O) groups excluding carboxylic acids is 1. The molecule has 1 aromatic rings. The highest BCUT2D eigenvalue weighted by atomic mass is 32.2. The van der Waals surface area contributed by atoms with Crippen molar-refractivity contribution in [3.63, 3.8) is 0 Å². The SMILES string of the molecule is N=C1/C(=C/c2ccc(SC3CCCCC3)o2)C(=O)N=C2SC(C34CC5CC(CC(C5)C3)C4)=NN12. The van der Waals surface area contributed by atoms with Gasteiger partial charge in [-0.2, -0.15) is 15.1 Å². The number of rotatable bonds is 4. The van der Waals surface area contributed by atoms with E-state index in [2.05, 4.69) is 4.99 Å². The Morgan fingerprint density at radius 1 is 1.09 bits per heavy atom. The molecular formula is C26H30N4O2S2. The van der Waals surface area contributed by atoms with Crippen molar-refractivity contribution in [2.75, 3.05) is 0 Å². The average Bonchev–Trinajstić information content (AvgIpc) is 3.44. The summed E-state index contributed by atoms with van der Waals surface area (Å²) in [5, 5.41) is 18.4. The molecule has 0 atom stereocenters. The van der Waals surface area contributed by atoms with Crippen LogP contribution in [0.2, 0.25) is 0 Å². The molecule has 8 heteroatoms. The van der Waals surface area contributed by atoms with Crippen molar-refractivity contribution < 1.29 is 9.21 Å². The molecule has 4 bridgehead atoms. The number of furan rings is 1. The summed E-state index contributed by atoms with van der Waals surface area (Å²) in [4.78, 5) is 17.2. The van der Waals surface area contributed by atoms with E-state index in [1.807, 2.05) is 12.1 Å². The molecule has 0 aromatic carbocycles. The fourth-order valence-corrected chi connectivity index (χ4v) is 9.84. The van der Waals surface area contributed by atoms with Crippen LogP contribution in [0.5, 0.6) is 0 Å². The molecule has 8 rings (SSSR count). The van der Waals surface area contributed by atoms with E-state index in [4.69, 9.17) is 14.9 Å². The number of amides is 1. The number of hydrogen-bond acceptors (Lipinski definition) is 6. The molecule has 0 spiro atoms. The molecule has 5 saturated carbocycles. The molecule has 34 heavy (non-hydrogen) atoms. The van der Waals surface area contributed by atoms with Gasteiger partial charge < -0.3 is 4.42 Å². The number of hydrogen-bond donors (Lipinski definition) is 1. The summed E-state index contributed by atoms with van der Waals surface area (Å²) in [6.07, 6.45) is 15.8. The summed E-state index contributed by atoms with van der Waals surface area (Å²) in [5.74, 6) is 2.81. The van der Waals surface area contributed by atoms with E-state index < -0.39 is 0 Å². The maximum absolute atomic E-state index is 12.9. The van der Waals surface area contributed by atoms with Crippen molar-refractivity contribution in [1.82, 2.24) is 5.01 Å². The van der Waals surface area contributed by atoms with Crippen LogP contribution >= 0.6 is 23.5 Å². The van der Waals surface area contributed by atoms with E-state index in [9.17, 15) is 4.79 Å². The number of nitrogens with zero attached hydrogens (tertiary/aromatic N) is 3. The molecule has 5 aliphatic carbocycles. The Morgan fingerprint density at radius 3 is 2.50 bits per heavy atom. The topological polar surface area (TPSA) is 82.0 Å². The minimum atomic E-state index is -0.372. The number of fused-ring (bicyclic) bond motifs is 1. The van der Waals surface area contributed by atoms with Crippen molar-refractivity contribution >= 4 is 51.6 Å². The fourth-order valence-electron chi connectivity index (χ4n) is 7.54. The van der Waals surface area contributed by atoms with Crippen LogP contribution in [0.1, 0.15) is 76.4 Å². The molecule has 3 heterocycles. The molecule has 7 aliphatic rings. The number of amidine groups is 2. The van der Waals surface area contributed by atoms with E-state index in [1.165, 1.54) is 82.4 Å². The molecule has 0 unspecified atom stereocenters. The van der Waals surface area contributed by atoms with E-state index in [0.29, 0.717) is 16.2 Å². The maximum Gasteiger partial charge on any atom is 0.283 e. The predicted octanol–water partition coefficient (Wildman–Crippen LogP) is 6.54. The third-order valence-corrected chi connectivity index (χ3v) is 11.1. The second-order valence-corrected chi connectivity index (χ2v) is 13.4. The maximum atomic E-state index is 12.9. The van der Waals surface area contributed by atoms with Gasteiger partial charge in [-0.25, -0.2) is 0 Å². The average molecular weight is 495 g/mol. The van der Waals surface area contributed by atoms with Crippen molar-refractivity contribution in [2.24, 2.45) is 33.3 Å². The molecule has 178 valence electrons. The summed E-state index contributed by atoms with van der Waals surface area (Å²) >= 11 is 3.33. The Morgan fingerprint density at radius 2 is 1.79 bits per heavy atom. The van der Waals surface area contributed by atoms with Gasteiger partial charge in [-0.3, -0.25) is 10.2 Å². The Bertz CT molecular complexity index is 1110. The third kappa shape index (κ3) is 3.63. The van der Waals surface area contributed by atoms with Gasteiger partial charge in [0.1, 0.15) is 10.8 Å². The first-order valence-corrected chi connectivity index (χ1v) is 14.5. The third-order valence-electron chi connectivity index (χ3n) is 8.67. The van der Waals surface area contributed by atoms with E-state index in [0.717, 1.165) is 27.9 Å². The Balaban J connectivity index is 1.12. The number of nitrogens with one attached hydrogen (secondary N) is 1. The number of thioether (sulfide) groups is 2. The van der Waals surface area contributed by atoms with Gasteiger partial charge in [0.2, 0.25) is 5.17 Å². The van der Waals surface area contributed by atoms with Gasteiger partial charge in [-0.1, -0.05) is 31.0 Å². The van der Waals surface area contributed by atoms with Gasteiger partial charge in [-0.15, -0.1) is 0 Å². The zero-order chi connectivity index (χ0) is 22.9. The Labute approximate surface area is 208 Å². The Hall–Kier alpha value is -1.80. The minimum Gasteiger partial charge on any atom is -0.450 e.